The molecule has 1 aromatic carbocycles. The number of methoxy groups -OCH3 is 1. The molecule has 0 radical (unpaired) electrons. The quantitative estimate of drug-likeness (QED) is 0.846. The Balaban J connectivity index is 1.72. The van der Waals surface area contributed by atoms with Crippen LogP contribution in [-0.4, -0.2) is 41.4 Å². The van der Waals surface area contributed by atoms with Crippen molar-refractivity contribution in [2.24, 2.45) is 0 Å². The van der Waals surface area contributed by atoms with Crippen molar-refractivity contribution in [3.63, 3.8) is 0 Å². The summed E-state index contributed by atoms with van der Waals surface area (Å²) >= 11 is 12.1. The zero-order chi connectivity index (χ0) is 17.1. The van der Waals surface area contributed by atoms with Crippen molar-refractivity contribution in [2.45, 2.75) is 32.4 Å². The minimum absolute atomic E-state index is 0.367. The highest BCUT2D eigenvalue weighted by Crippen LogP contribution is 2.32. The first-order chi connectivity index (χ1) is 11.5. The van der Waals surface area contributed by atoms with Crippen LogP contribution in [0.1, 0.15) is 24.2 Å². The number of aryl methyl sites for hydroxylation is 1. The number of aromatic nitrogens is 2. The van der Waals surface area contributed by atoms with Gasteiger partial charge in [-0.2, -0.15) is 5.10 Å². The smallest absolute Gasteiger partial charge is 0.172 e. The van der Waals surface area contributed by atoms with Crippen LogP contribution in [0.3, 0.4) is 0 Å². The maximum Gasteiger partial charge on any atom is 0.172 e. The predicted octanol–water partition coefficient (Wildman–Crippen LogP) is 4.43. The van der Waals surface area contributed by atoms with E-state index in [1.807, 2.05) is 6.92 Å². The van der Waals surface area contributed by atoms with E-state index in [2.05, 4.69) is 15.1 Å². The average Bonchev–Trinajstić information content (AvgIpc) is 2.88. The summed E-state index contributed by atoms with van der Waals surface area (Å²) in [5.74, 6) is 1.35. The normalized spacial score (nSPS) is 16.5. The number of nitrogens with one attached hydrogen (secondary N) is 1. The highest BCUT2D eigenvalue weighted by atomic mass is 35.5. The van der Waals surface area contributed by atoms with Gasteiger partial charge < -0.3 is 9.47 Å². The maximum absolute atomic E-state index is 6.04. The number of rotatable bonds is 5. The standard InChI is InChI=1S/C17H21Cl2N3O2/c1-11-17(24-15-8-12(18)7-13(19)9-15)16(21-20-11)10-22-5-3-14(23-2)4-6-22/h7-9,14H,3-6,10H2,1-2H3,(H,20,21). The summed E-state index contributed by atoms with van der Waals surface area (Å²) in [5.41, 5.74) is 1.77. The number of likely N-dealkylation sites (tertiary alicyclic amines) is 1. The van der Waals surface area contributed by atoms with Crippen LogP contribution in [0, 0.1) is 6.92 Å². The number of hydrogen-bond donors (Lipinski definition) is 1. The lowest BCUT2D eigenvalue weighted by Crippen LogP contribution is -2.36. The molecule has 0 aliphatic carbocycles. The lowest BCUT2D eigenvalue weighted by atomic mass is 10.1. The molecule has 0 unspecified atom stereocenters. The van der Waals surface area contributed by atoms with E-state index in [4.69, 9.17) is 32.7 Å². The largest absolute Gasteiger partial charge is 0.453 e. The van der Waals surface area contributed by atoms with E-state index in [0.717, 1.165) is 49.6 Å². The molecule has 1 N–H and O–H groups in total. The number of benzene rings is 1. The number of halogens is 2. The topological polar surface area (TPSA) is 50.4 Å². The van der Waals surface area contributed by atoms with Gasteiger partial charge in [-0.15, -0.1) is 0 Å². The van der Waals surface area contributed by atoms with Gasteiger partial charge in [0.15, 0.2) is 5.75 Å². The van der Waals surface area contributed by atoms with Crippen LogP contribution in [0.25, 0.3) is 0 Å². The molecule has 1 aliphatic heterocycles. The Morgan fingerprint density at radius 1 is 1.21 bits per heavy atom. The summed E-state index contributed by atoms with van der Waals surface area (Å²) < 4.78 is 11.4. The van der Waals surface area contributed by atoms with Crippen LogP contribution in [0.15, 0.2) is 18.2 Å². The first-order valence-corrected chi connectivity index (χ1v) is 8.73. The van der Waals surface area contributed by atoms with E-state index >= 15 is 0 Å². The summed E-state index contributed by atoms with van der Waals surface area (Å²) in [6.07, 6.45) is 2.45. The molecule has 5 nitrogen and oxygen atoms in total. The highest BCUT2D eigenvalue weighted by molar-refractivity contribution is 6.34. The molecule has 7 heteroatoms. The van der Waals surface area contributed by atoms with Gasteiger partial charge in [0.05, 0.1) is 11.8 Å². The molecule has 1 fully saturated rings. The number of nitrogens with zero attached hydrogens (tertiary/aromatic N) is 2. The number of hydrogen-bond acceptors (Lipinski definition) is 4. The average molecular weight is 370 g/mol. The number of H-pyrrole nitrogens is 1. The molecule has 2 aromatic rings. The van der Waals surface area contributed by atoms with Crippen LogP contribution in [0.4, 0.5) is 0 Å². The van der Waals surface area contributed by atoms with Crippen molar-refractivity contribution in [1.82, 2.24) is 15.1 Å². The van der Waals surface area contributed by atoms with Crippen molar-refractivity contribution in [1.29, 1.82) is 0 Å². The second kappa shape index (κ2) is 7.74. The number of piperidine rings is 1. The summed E-state index contributed by atoms with van der Waals surface area (Å²) in [4.78, 5) is 2.36. The van der Waals surface area contributed by atoms with Crippen LogP contribution in [-0.2, 0) is 11.3 Å². The Morgan fingerprint density at radius 3 is 2.50 bits per heavy atom. The zero-order valence-corrected chi connectivity index (χ0v) is 15.3. The summed E-state index contributed by atoms with van der Waals surface area (Å²) in [6.45, 7) is 4.67. The molecule has 3 rings (SSSR count). The Bertz CT molecular complexity index is 677. The monoisotopic (exact) mass is 369 g/mol. The van der Waals surface area contributed by atoms with E-state index in [1.165, 1.54) is 0 Å². The maximum atomic E-state index is 6.04. The molecule has 1 aliphatic rings. The third-order valence-electron chi connectivity index (χ3n) is 4.26. The molecule has 130 valence electrons. The molecule has 1 saturated heterocycles. The molecule has 0 atom stereocenters. The first-order valence-electron chi connectivity index (χ1n) is 7.98. The van der Waals surface area contributed by atoms with Gasteiger partial charge >= 0.3 is 0 Å². The Hall–Kier alpha value is -1.27. The predicted molar refractivity (Wildman–Crippen MR) is 95.2 cm³/mol. The van der Waals surface area contributed by atoms with Crippen molar-refractivity contribution >= 4 is 23.2 Å². The van der Waals surface area contributed by atoms with Gasteiger partial charge in [-0.1, -0.05) is 23.2 Å². The third-order valence-corrected chi connectivity index (χ3v) is 4.69. The van der Waals surface area contributed by atoms with Gasteiger partial charge in [-0.25, -0.2) is 0 Å². The lowest BCUT2D eigenvalue weighted by molar-refractivity contribution is 0.0383. The molecule has 0 amide bonds. The first kappa shape index (κ1) is 17.5. The van der Waals surface area contributed by atoms with Crippen LogP contribution in [0.5, 0.6) is 11.5 Å². The molecule has 2 heterocycles. The third kappa shape index (κ3) is 4.22. The summed E-state index contributed by atoms with van der Waals surface area (Å²) in [6, 6.07) is 5.17. The SMILES string of the molecule is COC1CCN(Cc2n[nH]c(C)c2Oc2cc(Cl)cc(Cl)c2)CC1. The van der Waals surface area contributed by atoms with Crippen molar-refractivity contribution in [3.05, 3.63) is 39.6 Å². The van der Waals surface area contributed by atoms with Crippen LogP contribution in [0.2, 0.25) is 10.0 Å². The van der Waals surface area contributed by atoms with Gasteiger partial charge in [-0.05, 0) is 38.0 Å². The fourth-order valence-corrected chi connectivity index (χ4v) is 3.44. The van der Waals surface area contributed by atoms with E-state index in [1.54, 1.807) is 25.3 Å². The van der Waals surface area contributed by atoms with Gasteiger partial charge in [0.25, 0.3) is 0 Å². The Kier molecular flexibility index (Phi) is 5.66. The molecule has 0 spiro atoms. The molecule has 24 heavy (non-hydrogen) atoms. The second-order valence-corrected chi connectivity index (χ2v) is 6.92. The van der Waals surface area contributed by atoms with Crippen molar-refractivity contribution < 1.29 is 9.47 Å². The summed E-state index contributed by atoms with van der Waals surface area (Å²) in [5, 5.41) is 8.49. The van der Waals surface area contributed by atoms with Crippen molar-refractivity contribution in [3.8, 4) is 11.5 Å². The molecule has 1 aromatic heterocycles. The Morgan fingerprint density at radius 2 is 1.88 bits per heavy atom. The minimum Gasteiger partial charge on any atom is -0.453 e. The lowest BCUT2D eigenvalue weighted by Gasteiger charge is -2.30. The fourth-order valence-electron chi connectivity index (χ4n) is 2.93. The van der Waals surface area contributed by atoms with Gasteiger partial charge in [0, 0.05) is 36.8 Å². The Labute approximate surface area is 151 Å². The zero-order valence-electron chi connectivity index (χ0n) is 13.8. The van der Waals surface area contributed by atoms with Gasteiger partial charge in [0.1, 0.15) is 11.4 Å². The van der Waals surface area contributed by atoms with Crippen molar-refractivity contribution in [2.75, 3.05) is 20.2 Å². The number of aromatic amines is 1. The second-order valence-electron chi connectivity index (χ2n) is 6.04. The van der Waals surface area contributed by atoms with Crippen LogP contribution >= 0.6 is 23.2 Å². The minimum atomic E-state index is 0.367. The van der Waals surface area contributed by atoms with Gasteiger partial charge in [-0.3, -0.25) is 10.00 Å². The van der Waals surface area contributed by atoms with E-state index in [0.29, 0.717) is 21.9 Å². The van der Waals surface area contributed by atoms with Gasteiger partial charge in [0.2, 0.25) is 0 Å². The molecular formula is C17H21Cl2N3O2. The van der Waals surface area contributed by atoms with E-state index < -0.39 is 0 Å². The molecular weight excluding hydrogens is 349 g/mol. The number of ether oxygens (including phenoxy) is 2. The molecule has 0 saturated carbocycles. The van der Waals surface area contributed by atoms with E-state index in [9.17, 15) is 0 Å². The molecule has 0 bridgehead atoms. The summed E-state index contributed by atoms with van der Waals surface area (Å²) in [7, 11) is 1.78. The fraction of sp³-hybridized carbons (Fsp3) is 0.471. The van der Waals surface area contributed by atoms with E-state index in [-0.39, 0.29) is 0 Å². The highest BCUT2D eigenvalue weighted by Gasteiger charge is 2.22. The van der Waals surface area contributed by atoms with Crippen LogP contribution < -0.4 is 4.74 Å².